The van der Waals surface area contributed by atoms with E-state index in [0.29, 0.717) is 5.41 Å². The monoisotopic (exact) mass is 253 g/mol. The zero-order valence-electron chi connectivity index (χ0n) is 5.98. The van der Waals surface area contributed by atoms with Crippen molar-refractivity contribution < 1.29 is 4.74 Å². The van der Waals surface area contributed by atoms with Crippen molar-refractivity contribution in [3.8, 4) is 0 Å². The summed E-state index contributed by atoms with van der Waals surface area (Å²) < 4.78 is 7.79. The second-order valence-corrected chi connectivity index (χ2v) is 4.80. The molecule has 2 aliphatic heterocycles. The van der Waals surface area contributed by atoms with E-state index in [1.54, 1.807) is 0 Å². The van der Waals surface area contributed by atoms with Crippen molar-refractivity contribution in [2.75, 3.05) is 26.3 Å². The van der Waals surface area contributed by atoms with Crippen LogP contribution in [0.3, 0.4) is 0 Å². The van der Waals surface area contributed by atoms with Gasteiger partial charge in [0.15, 0.2) is 0 Å². The van der Waals surface area contributed by atoms with Gasteiger partial charge in [0.25, 0.3) is 0 Å². The SMILES string of the molecule is IN1CC2(CCCOC2)C1. The number of rotatable bonds is 0. The van der Waals surface area contributed by atoms with Crippen LogP contribution in [0.2, 0.25) is 0 Å². The van der Waals surface area contributed by atoms with Crippen LogP contribution in [0, 0.1) is 5.41 Å². The molecule has 10 heavy (non-hydrogen) atoms. The van der Waals surface area contributed by atoms with Crippen LogP contribution in [0.5, 0.6) is 0 Å². The molecule has 0 bridgehead atoms. The van der Waals surface area contributed by atoms with Crippen molar-refractivity contribution in [1.29, 1.82) is 0 Å². The summed E-state index contributed by atoms with van der Waals surface area (Å²) >= 11 is 2.38. The number of nitrogens with zero attached hydrogens (tertiary/aromatic N) is 1. The standard InChI is InChI=1S/C7H12INO/c8-9-4-7(5-9)2-1-3-10-6-7/h1-6H2. The molecule has 2 saturated heterocycles. The summed E-state index contributed by atoms with van der Waals surface area (Å²) in [7, 11) is 0. The topological polar surface area (TPSA) is 12.5 Å². The minimum atomic E-state index is 0.569. The van der Waals surface area contributed by atoms with Crippen LogP contribution in [0.1, 0.15) is 12.8 Å². The molecule has 0 saturated carbocycles. The molecule has 0 aromatic heterocycles. The molecule has 2 aliphatic rings. The third-order valence-electron chi connectivity index (χ3n) is 2.42. The zero-order chi connectivity index (χ0) is 7.03. The van der Waals surface area contributed by atoms with Gasteiger partial charge in [-0.2, -0.15) is 0 Å². The van der Waals surface area contributed by atoms with E-state index >= 15 is 0 Å². The molecular weight excluding hydrogens is 241 g/mol. The molecule has 0 aromatic carbocycles. The third kappa shape index (κ3) is 1.19. The van der Waals surface area contributed by atoms with Gasteiger partial charge in [0, 0.05) is 48.0 Å². The Bertz CT molecular complexity index is 118. The third-order valence-corrected chi connectivity index (χ3v) is 3.10. The molecule has 2 nitrogen and oxygen atoms in total. The molecule has 2 heterocycles. The highest BCUT2D eigenvalue weighted by atomic mass is 127. The van der Waals surface area contributed by atoms with Crippen LogP contribution in [-0.4, -0.2) is 29.4 Å². The van der Waals surface area contributed by atoms with Crippen LogP contribution in [-0.2, 0) is 4.74 Å². The fraction of sp³-hybridized carbons (Fsp3) is 1.00. The molecule has 0 unspecified atom stereocenters. The van der Waals surface area contributed by atoms with Crippen LogP contribution in [0.15, 0.2) is 0 Å². The predicted octanol–water partition coefficient (Wildman–Crippen LogP) is 1.45. The Morgan fingerprint density at radius 1 is 1.40 bits per heavy atom. The summed E-state index contributed by atoms with van der Waals surface area (Å²) in [6.07, 6.45) is 2.65. The molecule has 0 atom stereocenters. The van der Waals surface area contributed by atoms with E-state index in [2.05, 4.69) is 26.0 Å². The van der Waals surface area contributed by atoms with Crippen molar-refractivity contribution in [2.24, 2.45) is 5.41 Å². The lowest BCUT2D eigenvalue weighted by molar-refractivity contribution is -0.0612. The first kappa shape index (κ1) is 7.31. The van der Waals surface area contributed by atoms with Crippen molar-refractivity contribution >= 4 is 22.9 Å². The highest BCUT2D eigenvalue weighted by Gasteiger charge is 2.43. The fourth-order valence-electron chi connectivity index (χ4n) is 1.84. The van der Waals surface area contributed by atoms with E-state index in [4.69, 9.17) is 4.74 Å². The van der Waals surface area contributed by atoms with Gasteiger partial charge in [0.2, 0.25) is 0 Å². The first-order chi connectivity index (χ1) is 4.81. The van der Waals surface area contributed by atoms with Crippen LogP contribution >= 0.6 is 22.9 Å². The number of ether oxygens (including phenoxy) is 1. The largest absolute Gasteiger partial charge is 0.381 e. The maximum absolute atomic E-state index is 5.45. The van der Waals surface area contributed by atoms with Crippen LogP contribution in [0.25, 0.3) is 0 Å². The Kier molecular flexibility index (Phi) is 1.90. The van der Waals surface area contributed by atoms with Gasteiger partial charge in [-0.3, -0.25) is 0 Å². The molecule has 0 aliphatic carbocycles. The average molecular weight is 253 g/mol. The Morgan fingerprint density at radius 3 is 2.70 bits per heavy atom. The van der Waals surface area contributed by atoms with Gasteiger partial charge in [0.05, 0.1) is 6.61 Å². The normalized spacial score (nSPS) is 32.1. The fourth-order valence-corrected chi connectivity index (χ4v) is 3.29. The second-order valence-electron chi connectivity index (χ2n) is 3.44. The Balaban J connectivity index is 1.90. The lowest BCUT2D eigenvalue weighted by atomic mass is 9.77. The molecule has 0 aromatic rings. The quantitative estimate of drug-likeness (QED) is 0.478. The van der Waals surface area contributed by atoms with Crippen molar-refractivity contribution in [3.63, 3.8) is 0 Å². The lowest BCUT2D eigenvalue weighted by Crippen LogP contribution is -2.55. The van der Waals surface area contributed by atoms with E-state index in [9.17, 15) is 0 Å². The van der Waals surface area contributed by atoms with Crippen molar-refractivity contribution in [1.82, 2.24) is 3.11 Å². The Morgan fingerprint density at radius 2 is 2.20 bits per heavy atom. The van der Waals surface area contributed by atoms with Crippen LogP contribution in [0.4, 0.5) is 0 Å². The lowest BCUT2D eigenvalue weighted by Gasteiger charge is -2.49. The number of halogens is 1. The molecule has 58 valence electrons. The molecule has 0 amide bonds. The van der Waals surface area contributed by atoms with Gasteiger partial charge >= 0.3 is 0 Å². The van der Waals surface area contributed by atoms with Crippen molar-refractivity contribution in [2.45, 2.75) is 12.8 Å². The summed E-state index contributed by atoms with van der Waals surface area (Å²) in [5, 5.41) is 0. The van der Waals surface area contributed by atoms with E-state index in [0.717, 1.165) is 13.2 Å². The average Bonchev–Trinajstić information content (AvgIpc) is 1.87. The van der Waals surface area contributed by atoms with Gasteiger partial charge in [0.1, 0.15) is 0 Å². The minimum Gasteiger partial charge on any atom is -0.381 e. The van der Waals surface area contributed by atoms with Gasteiger partial charge in [-0.05, 0) is 12.8 Å². The summed E-state index contributed by atoms with van der Waals surface area (Å²) in [4.78, 5) is 0. The Labute approximate surface area is 75.4 Å². The first-order valence-electron chi connectivity index (χ1n) is 3.79. The molecule has 2 rings (SSSR count). The second kappa shape index (κ2) is 2.60. The molecule has 3 heteroatoms. The summed E-state index contributed by atoms with van der Waals surface area (Å²) in [5.41, 5.74) is 0.569. The summed E-state index contributed by atoms with van der Waals surface area (Å²) in [6.45, 7) is 4.48. The molecule has 0 radical (unpaired) electrons. The van der Waals surface area contributed by atoms with E-state index < -0.39 is 0 Å². The van der Waals surface area contributed by atoms with Gasteiger partial charge in [-0.25, -0.2) is 3.11 Å². The first-order valence-corrected chi connectivity index (χ1v) is 4.76. The maximum Gasteiger partial charge on any atom is 0.0547 e. The summed E-state index contributed by atoms with van der Waals surface area (Å²) in [6, 6.07) is 0. The van der Waals surface area contributed by atoms with E-state index in [1.165, 1.54) is 25.9 Å². The Hall–Kier alpha value is 0.650. The van der Waals surface area contributed by atoms with E-state index in [-0.39, 0.29) is 0 Å². The number of hydrogen-bond donors (Lipinski definition) is 0. The minimum absolute atomic E-state index is 0.569. The maximum atomic E-state index is 5.45. The molecular formula is C7H12INO. The van der Waals surface area contributed by atoms with Crippen molar-refractivity contribution in [3.05, 3.63) is 0 Å². The van der Waals surface area contributed by atoms with Gasteiger partial charge < -0.3 is 4.74 Å². The number of hydrogen-bond acceptors (Lipinski definition) is 2. The highest BCUT2D eigenvalue weighted by molar-refractivity contribution is 14.1. The molecule has 0 N–H and O–H groups in total. The highest BCUT2D eigenvalue weighted by Crippen LogP contribution is 2.39. The van der Waals surface area contributed by atoms with Gasteiger partial charge in [-0.15, -0.1) is 0 Å². The predicted molar refractivity (Wildman–Crippen MR) is 48.1 cm³/mol. The zero-order valence-corrected chi connectivity index (χ0v) is 8.13. The molecule has 1 spiro atoms. The smallest absolute Gasteiger partial charge is 0.0547 e. The summed E-state index contributed by atoms with van der Waals surface area (Å²) in [5.74, 6) is 0. The molecule has 2 fully saturated rings. The van der Waals surface area contributed by atoms with Crippen LogP contribution < -0.4 is 0 Å². The van der Waals surface area contributed by atoms with E-state index in [1.807, 2.05) is 0 Å². The van der Waals surface area contributed by atoms with Gasteiger partial charge in [-0.1, -0.05) is 0 Å².